The molecule has 1 unspecified atom stereocenters. The van der Waals surface area contributed by atoms with Gasteiger partial charge in [0.2, 0.25) is 0 Å². The van der Waals surface area contributed by atoms with Gasteiger partial charge in [0.15, 0.2) is 0 Å². The molecule has 0 radical (unpaired) electrons. The fourth-order valence-corrected chi connectivity index (χ4v) is 3.65. The van der Waals surface area contributed by atoms with Crippen LogP contribution in [0, 0.1) is 5.41 Å². The van der Waals surface area contributed by atoms with Crippen LogP contribution in [0.25, 0.3) is 10.8 Å². The van der Waals surface area contributed by atoms with Crippen molar-refractivity contribution in [2.75, 3.05) is 24.5 Å². The van der Waals surface area contributed by atoms with Crippen LogP contribution < -0.4 is 10.2 Å². The van der Waals surface area contributed by atoms with E-state index in [4.69, 9.17) is 16.6 Å². The number of aromatic nitrogens is 2. The Morgan fingerprint density at radius 1 is 1.32 bits per heavy atom. The molecule has 2 aromatic rings. The Morgan fingerprint density at radius 3 is 2.73 bits per heavy atom. The first-order chi connectivity index (χ1) is 10.6. The number of halogens is 1. The van der Waals surface area contributed by atoms with Crippen LogP contribution in [-0.2, 0) is 6.42 Å². The van der Waals surface area contributed by atoms with Crippen LogP contribution in [0.1, 0.15) is 25.8 Å². The lowest BCUT2D eigenvalue weighted by Crippen LogP contribution is -2.52. The van der Waals surface area contributed by atoms with Crippen LogP contribution in [0.2, 0.25) is 5.15 Å². The molecule has 0 amide bonds. The van der Waals surface area contributed by atoms with Crippen LogP contribution in [0.3, 0.4) is 0 Å². The number of hydrogen-bond donors (Lipinski definition) is 1. The molecule has 1 N–H and O–H groups in total. The SMILES string of the molecule is CC1CCN1c1ncc(CC2(C)CNC2)c2cc(Cl)ncc12. The molecule has 22 heavy (non-hydrogen) atoms. The van der Waals surface area contributed by atoms with Gasteiger partial charge in [0.25, 0.3) is 0 Å². The highest BCUT2D eigenvalue weighted by Crippen LogP contribution is 2.36. The Morgan fingerprint density at radius 2 is 2.14 bits per heavy atom. The topological polar surface area (TPSA) is 41.1 Å². The van der Waals surface area contributed by atoms with E-state index in [0.717, 1.165) is 37.3 Å². The summed E-state index contributed by atoms with van der Waals surface area (Å²) in [5.74, 6) is 1.05. The molecule has 2 aromatic heterocycles. The molecule has 4 rings (SSSR count). The van der Waals surface area contributed by atoms with Gasteiger partial charge in [-0.1, -0.05) is 18.5 Å². The van der Waals surface area contributed by atoms with Gasteiger partial charge in [-0.2, -0.15) is 0 Å². The number of pyridine rings is 2. The van der Waals surface area contributed by atoms with Crippen molar-refractivity contribution in [2.45, 2.75) is 32.7 Å². The van der Waals surface area contributed by atoms with Crippen molar-refractivity contribution in [3.63, 3.8) is 0 Å². The molecule has 0 aromatic carbocycles. The van der Waals surface area contributed by atoms with Crippen LogP contribution >= 0.6 is 11.6 Å². The first kappa shape index (κ1) is 14.2. The normalized spacial score (nSPS) is 23.2. The quantitative estimate of drug-likeness (QED) is 0.884. The maximum absolute atomic E-state index is 6.16. The minimum Gasteiger partial charge on any atom is -0.353 e. The zero-order valence-electron chi connectivity index (χ0n) is 13.1. The van der Waals surface area contributed by atoms with E-state index in [1.807, 2.05) is 18.5 Å². The third-order valence-electron chi connectivity index (χ3n) is 5.11. The Hall–Kier alpha value is -1.39. The maximum Gasteiger partial charge on any atom is 0.138 e. The predicted molar refractivity (Wildman–Crippen MR) is 90.7 cm³/mol. The van der Waals surface area contributed by atoms with Gasteiger partial charge in [-0.05, 0) is 42.2 Å². The first-order valence-corrected chi connectivity index (χ1v) is 8.34. The van der Waals surface area contributed by atoms with E-state index in [1.165, 1.54) is 17.4 Å². The molecule has 2 aliphatic heterocycles. The standard InChI is InChI=1S/C17H21ClN4/c1-11-3-4-22(11)16-14-8-20-15(18)5-13(14)12(7-21-16)6-17(2)9-19-10-17/h5,7-8,11,19H,3-4,6,9-10H2,1-2H3. The van der Waals surface area contributed by atoms with Gasteiger partial charge >= 0.3 is 0 Å². The van der Waals surface area contributed by atoms with Gasteiger partial charge in [-0.25, -0.2) is 9.97 Å². The van der Waals surface area contributed by atoms with Crippen molar-refractivity contribution < 1.29 is 0 Å². The number of hydrogen-bond acceptors (Lipinski definition) is 4. The zero-order valence-corrected chi connectivity index (χ0v) is 13.8. The first-order valence-electron chi connectivity index (χ1n) is 7.96. The van der Waals surface area contributed by atoms with Gasteiger partial charge in [0.1, 0.15) is 11.0 Å². The van der Waals surface area contributed by atoms with Crippen molar-refractivity contribution >= 4 is 28.2 Å². The minimum atomic E-state index is 0.329. The molecule has 0 saturated carbocycles. The molecule has 4 nitrogen and oxygen atoms in total. The molecule has 0 aliphatic carbocycles. The average molecular weight is 317 g/mol. The lowest BCUT2D eigenvalue weighted by atomic mass is 9.78. The molecule has 2 aliphatic rings. The van der Waals surface area contributed by atoms with Gasteiger partial charge in [-0.3, -0.25) is 0 Å². The van der Waals surface area contributed by atoms with Gasteiger partial charge in [0.05, 0.1) is 0 Å². The molecule has 4 heterocycles. The summed E-state index contributed by atoms with van der Waals surface area (Å²) in [7, 11) is 0. The highest BCUT2D eigenvalue weighted by atomic mass is 35.5. The minimum absolute atomic E-state index is 0.329. The Kier molecular flexibility index (Phi) is 3.27. The van der Waals surface area contributed by atoms with Crippen molar-refractivity contribution in [1.29, 1.82) is 0 Å². The highest BCUT2D eigenvalue weighted by Gasteiger charge is 2.33. The summed E-state index contributed by atoms with van der Waals surface area (Å²) in [4.78, 5) is 11.4. The summed E-state index contributed by atoms with van der Waals surface area (Å²) >= 11 is 6.16. The number of rotatable bonds is 3. The molecule has 1 atom stereocenters. The number of nitrogens with one attached hydrogen (secondary N) is 1. The molecule has 0 bridgehead atoms. The van der Waals surface area contributed by atoms with Crippen LogP contribution in [0.5, 0.6) is 0 Å². The second-order valence-corrected chi connectivity index (χ2v) is 7.47. The molecule has 2 saturated heterocycles. The van der Waals surface area contributed by atoms with E-state index in [1.54, 1.807) is 0 Å². The smallest absolute Gasteiger partial charge is 0.138 e. The van der Waals surface area contributed by atoms with Crippen molar-refractivity contribution in [1.82, 2.24) is 15.3 Å². The lowest BCUT2D eigenvalue weighted by Gasteiger charge is -2.41. The summed E-state index contributed by atoms with van der Waals surface area (Å²) in [6, 6.07) is 2.56. The lowest BCUT2D eigenvalue weighted by molar-refractivity contribution is 0.196. The number of fused-ring (bicyclic) bond motifs is 1. The van der Waals surface area contributed by atoms with Crippen LogP contribution in [0.4, 0.5) is 5.82 Å². The molecule has 5 heteroatoms. The van der Waals surface area contributed by atoms with Gasteiger partial charge < -0.3 is 10.2 Å². The van der Waals surface area contributed by atoms with Crippen LogP contribution in [-0.4, -0.2) is 35.6 Å². The van der Waals surface area contributed by atoms with E-state index >= 15 is 0 Å². The summed E-state index contributed by atoms with van der Waals surface area (Å²) < 4.78 is 0. The molecular weight excluding hydrogens is 296 g/mol. The number of nitrogens with zero attached hydrogens (tertiary/aromatic N) is 3. The summed E-state index contributed by atoms with van der Waals surface area (Å²) in [6.45, 7) is 7.78. The zero-order chi connectivity index (χ0) is 15.3. The van der Waals surface area contributed by atoms with Gasteiger partial charge in [0, 0.05) is 43.5 Å². The van der Waals surface area contributed by atoms with Crippen molar-refractivity contribution in [3.8, 4) is 0 Å². The Bertz CT molecular complexity index is 726. The average Bonchev–Trinajstić information content (AvgIpc) is 2.46. The van der Waals surface area contributed by atoms with Crippen molar-refractivity contribution in [3.05, 3.63) is 29.2 Å². The fourth-order valence-electron chi connectivity index (χ4n) is 3.49. The molecule has 2 fully saturated rings. The number of anilines is 1. The van der Waals surface area contributed by atoms with E-state index in [2.05, 4.69) is 29.0 Å². The molecular formula is C17H21ClN4. The van der Waals surface area contributed by atoms with E-state index in [0.29, 0.717) is 16.6 Å². The van der Waals surface area contributed by atoms with Crippen LogP contribution in [0.15, 0.2) is 18.5 Å². The monoisotopic (exact) mass is 316 g/mol. The van der Waals surface area contributed by atoms with E-state index in [9.17, 15) is 0 Å². The van der Waals surface area contributed by atoms with E-state index in [-0.39, 0.29) is 0 Å². The third kappa shape index (κ3) is 2.25. The largest absolute Gasteiger partial charge is 0.353 e. The Balaban J connectivity index is 1.81. The maximum atomic E-state index is 6.16. The molecule has 116 valence electrons. The third-order valence-corrected chi connectivity index (χ3v) is 5.32. The highest BCUT2D eigenvalue weighted by molar-refractivity contribution is 6.30. The van der Waals surface area contributed by atoms with E-state index < -0.39 is 0 Å². The predicted octanol–water partition coefficient (Wildman–Crippen LogP) is 3.03. The van der Waals surface area contributed by atoms with Gasteiger partial charge in [-0.15, -0.1) is 0 Å². The second-order valence-electron chi connectivity index (χ2n) is 7.08. The summed E-state index contributed by atoms with van der Waals surface area (Å²) in [6.07, 6.45) is 6.19. The summed E-state index contributed by atoms with van der Waals surface area (Å²) in [5.41, 5.74) is 1.61. The Labute approximate surface area is 135 Å². The molecule has 0 spiro atoms. The fraction of sp³-hybridized carbons (Fsp3) is 0.529. The summed E-state index contributed by atoms with van der Waals surface area (Å²) in [5, 5.41) is 6.26. The van der Waals surface area contributed by atoms with Crippen molar-refractivity contribution in [2.24, 2.45) is 5.41 Å². The second kappa shape index (κ2) is 5.07.